The Bertz CT molecular complexity index is 674. The van der Waals surface area contributed by atoms with Gasteiger partial charge in [-0.1, -0.05) is 19.9 Å². The van der Waals surface area contributed by atoms with E-state index in [-0.39, 0.29) is 5.75 Å². The number of benzene rings is 1. The third-order valence-corrected chi connectivity index (χ3v) is 4.18. The van der Waals surface area contributed by atoms with Gasteiger partial charge < -0.3 is 14.4 Å². The highest BCUT2D eigenvalue weighted by atomic mass is 31.2. The lowest BCUT2D eigenvalue weighted by molar-refractivity contribution is 0.278. The quantitative estimate of drug-likeness (QED) is 0.610. The van der Waals surface area contributed by atoms with Crippen molar-refractivity contribution in [1.29, 1.82) is 0 Å². The normalized spacial score (nSPS) is 12.2. The van der Waals surface area contributed by atoms with E-state index >= 15 is 0 Å². The molecule has 6 nitrogen and oxygen atoms in total. The molecule has 1 heterocycles. The molecule has 0 fully saturated rings. The fourth-order valence-electron chi connectivity index (χ4n) is 2.87. The lowest BCUT2D eigenvalue weighted by Gasteiger charge is -2.20. The predicted octanol–water partition coefficient (Wildman–Crippen LogP) is 3.30. The monoisotopic (exact) mass is 340 g/mol. The van der Waals surface area contributed by atoms with Crippen molar-refractivity contribution in [2.24, 2.45) is 0 Å². The Labute approximate surface area is 136 Å². The van der Waals surface area contributed by atoms with Gasteiger partial charge in [0.05, 0.1) is 0 Å². The minimum absolute atomic E-state index is 0.226. The smallest absolute Gasteiger partial charge is 0.404 e. The minimum atomic E-state index is -4.57. The summed E-state index contributed by atoms with van der Waals surface area (Å²) >= 11 is 0. The molecule has 128 valence electrons. The number of nitrogens with zero attached hydrogens (tertiary/aromatic N) is 1. The summed E-state index contributed by atoms with van der Waals surface area (Å²) in [7, 11) is -4.57. The van der Waals surface area contributed by atoms with Crippen LogP contribution in [0.15, 0.2) is 24.4 Å². The van der Waals surface area contributed by atoms with Crippen LogP contribution in [0.1, 0.15) is 32.3 Å². The average molecular weight is 340 g/mol. The van der Waals surface area contributed by atoms with Crippen molar-refractivity contribution in [3.05, 3.63) is 30.0 Å². The van der Waals surface area contributed by atoms with Gasteiger partial charge in [0, 0.05) is 23.6 Å². The summed E-state index contributed by atoms with van der Waals surface area (Å²) in [4.78, 5) is 23.7. The zero-order chi connectivity index (χ0) is 16.9. The minimum Gasteiger partial charge on any atom is -0.404 e. The van der Waals surface area contributed by atoms with Crippen molar-refractivity contribution < 1.29 is 18.9 Å². The van der Waals surface area contributed by atoms with Crippen LogP contribution in [0.25, 0.3) is 10.9 Å². The molecule has 0 aliphatic heterocycles. The van der Waals surface area contributed by atoms with Gasteiger partial charge in [0.1, 0.15) is 5.75 Å². The van der Waals surface area contributed by atoms with E-state index in [1.165, 1.54) is 0 Å². The van der Waals surface area contributed by atoms with Crippen molar-refractivity contribution in [1.82, 2.24) is 9.88 Å². The number of hydrogen-bond acceptors (Lipinski definition) is 3. The van der Waals surface area contributed by atoms with Crippen molar-refractivity contribution in [2.45, 2.75) is 33.1 Å². The molecule has 1 aromatic heterocycles. The standard InChI is InChI=1S/C16H25N2O4P/c1-3-9-18(10-4-2)11-8-13-12-17-14-6-5-7-15(16(13)14)22-23(19,20)21/h5-7,12,17H,3-4,8-11H2,1-2H3,(H2,19,20,21). The van der Waals surface area contributed by atoms with Gasteiger partial charge in [-0.2, -0.15) is 0 Å². The number of aromatic nitrogens is 1. The summed E-state index contributed by atoms with van der Waals surface area (Å²) in [6, 6.07) is 5.18. The first kappa shape index (κ1) is 18.0. The van der Waals surface area contributed by atoms with E-state index in [0.717, 1.165) is 55.4 Å². The van der Waals surface area contributed by atoms with Gasteiger partial charge in [0.2, 0.25) is 0 Å². The molecule has 0 saturated carbocycles. The molecule has 2 aromatic rings. The summed E-state index contributed by atoms with van der Waals surface area (Å²) < 4.78 is 16.0. The van der Waals surface area contributed by atoms with Gasteiger partial charge in [0.25, 0.3) is 0 Å². The van der Waals surface area contributed by atoms with Crippen LogP contribution in [-0.4, -0.2) is 39.3 Å². The van der Waals surface area contributed by atoms with Crippen molar-refractivity contribution >= 4 is 18.7 Å². The van der Waals surface area contributed by atoms with Crippen molar-refractivity contribution in [3.8, 4) is 5.75 Å². The van der Waals surface area contributed by atoms with Crippen LogP contribution < -0.4 is 4.52 Å². The fraction of sp³-hybridized carbons (Fsp3) is 0.500. The largest absolute Gasteiger partial charge is 0.524 e. The molecule has 7 heteroatoms. The Hall–Kier alpha value is -1.33. The Morgan fingerprint density at radius 3 is 2.48 bits per heavy atom. The highest BCUT2D eigenvalue weighted by Crippen LogP contribution is 2.41. The third kappa shape index (κ3) is 5.08. The lowest BCUT2D eigenvalue weighted by Crippen LogP contribution is -2.27. The number of H-pyrrole nitrogens is 1. The Morgan fingerprint density at radius 1 is 1.17 bits per heavy atom. The average Bonchev–Trinajstić information content (AvgIpc) is 2.88. The Balaban J connectivity index is 2.22. The number of fused-ring (bicyclic) bond motifs is 1. The predicted molar refractivity (Wildman–Crippen MR) is 91.7 cm³/mol. The number of phosphoric ester groups is 1. The maximum atomic E-state index is 11.2. The zero-order valence-corrected chi connectivity index (χ0v) is 14.6. The van der Waals surface area contributed by atoms with Gasteiger partial charge in [0.15, 0.2) is 0 Å². The molecular formula is C16H25N2O4P. The summed E-state index contributed by atoms with van der Waals surface area (Å²) in [6.07, 6.45) is 4.93. The van der Waals surface area contributed by atoms with E-state index in [4.69, 9.17) is 14.3 Å². The number of rotatable bonds is 9. The molecule has 23 heavy (non-hydrogen) atoms. The van der Waals surface area contributed by atoms with E-state index in [1.54, 1.807) is 12.1 Å². The second-order valence-corrected chi connectivity index (χ2v) is 6.83. The fourth-order valence-corrected chi connectivity index (χ4v) is 3.28. The van der Waals surface area contributed by atoms with Crippen molar-refractivity contribution in [2.75, 3.05) is 19.6 Å². The molecule has 0 bridgehead atoms. The van der Waals surface area contributed by atoms with E-state index in [0.29, 0.717) is 0 Å². The molecule has 0 amide bonds. The lowest BCUT2D eigenvalue weighted by atomic mass is 10.1. The SMILES string of the molecule is CCCN(CCC)CCc1c[nH]c2cccc(OP(=O)(O)O)c12. The molecule has 0 radical (unpaired) electrons. The van der Waals surface area contributed by atoms with Gasteiger partial charge in [-0.05, 0) is 50.0 Å². The number of aromatic amines is 1. The summed E-state index contributed by atoms with van der Waals surface area (Å²) in [5.74, 6) is 0.226. The van der Waals surface area contributed by atoms with Crippen LogP contribution in [0.2, 0.25) is 0 Å². The first-order valence-electron chi connectivity index (χ1n) is 8.01. The topological polar surface area (TPSA) is 85.8 Å². The molecular weight excluding hydrogens is 315 g/mol. The molecule has 0 spiro atoms. The third-order valence-electron chi connectivity index (χ3n) is 3.74. The van der Waals surface area contributed by atoms with Crippen LogP contribution in [0.3, 0.4) is 0 Å². The molecule has 0 aliphatic carbocycles. The molecule has 0 unspecified atom stereocenters. The zero-order valence-electron chi connectivity index (χ0n) is 13.7. The molecule has 0 aliphatic rings. The first-order valence-corrected chi connectivity index (χ1v) is 9.54. The summed E-state index contributed by atoms with van der Waals surface area (Å²) in [5.41, 5.74) is 1.84. The van der Waals surface area contributed by atoms with Gasteiger partial charge in [-0.3, -0.25) is 9.79 Å². The summed E-state index contributed by atoms with van der Waals surface area (Å²) in [6.45, 7) is 7.36. The summed E-state index contributed by atoms with van der Waals surface area (Å²) in [5, 5.41) is 0.753. The molecule has 1 aromatic carbocycles. The Morgan fingerprint density at radius 2 is 1.87 bits per heavy atom. The van der Waals surface area contributed by atoms with E-state index in [2.05, 4.69) is 23.7 Å². The number of phosphoric acid groups is 1. The van der Waals surface area contributed by atoms with Crippen LogP contribution in [0, 0.1) is 0 Å². The van der Waals surface area contributed by atoms with Gasteiger partial charge in [-0.25, -0.2) is 4.57 Å². The number of hydrogen-bond donors (Lipinski definition) is 3. The number of nitrogens with one attached hydrogen (secondary N) is 1. The highest BCUT2D eigenvalue weighted by Gasteiger charge is 2.19. The Kier molecular flexibility index (Phi) is 6.25. The van der Waals surface area contributed by atoms with Crippen LogP contribution in [0.5, 0.6) is 5.75 Å². The van der Waals surface area contributed by atoms with E-state index in [9.17, 15) is 4.57 Å². The maximum absolute atomic E-state index is 11.2. The highest BCUT2D eigenvalue weighted by molar-refractivity contribution is 7.46. The van der Waals surface area contributed by atoms with E-state index < -0.39 is 7.82 Å². The second kappa shape index (κ2) is 7.97. The van der Waals surface area contributed by atoms with Crippen LogP contribution in [-0.2, 0) is 11.0 Å². The van der Waals surface area contributed by atoms with Gasteiger partial charge >= 0.3 is 7.82 Å². The molecule has 0 saturated heterocycles. The second-order valence-electron chi connectivity index (χ2n) is 5.67. The molecule has 2 rings (SSSR count). The first-order chi connectivity index (χ1) is 10.9. The van der Waals surface area contributed by atoms with Gasteiger partial charge in [-0.15, -0.1) is 0 Å². The maximum Gasteiger partial charge on any atom is 0.524 e. The van der Waals surface area contributed by atoms with Crippen LogP contribution in [0.4, 0.5) is 0 Å². The van der Waals surface area contributed by atoms with Crippen molar-refractivity contribution in [3.63, 3.8) is 0 Å². The van der Waals surface area contributed by atoms with E-state index in [1.807, 2.05) is 12.3 Å². The van der Waals surface area contributed by atoms with Crippen LogP contribution >= 0.6 is 7.82 Å². The molecule has 3 N–H and O–H groups in total. The molecule has 0 atom stereocenters.